The molecule has 0 saturated heterocycles. The lowest BCUT2D eigenvalue weighted by molar-refractivity contribution is 0.298. The fourth-order valence-corrected chi connectivity index (χ4v) is 2.27. The second-order valence-electron chi connectivity index (χ2n) is 4.71. The summed E-state index contributed by atoms with van der Waals surface area (Å²) in [6, 6.07) is 14.7. The van der Waals surface area contributed by atoms with E-state index in [0.717, 1.165) is 23.3 Å². The minimum absolute atomic E-state index is 0.235. The van der Waals surface area contributed by atoms with Crippen LogP contribution in [0.4, 0.5) is 4.39 Å². The molecule has 2 rings (SSSR count). The van der Waals surface area contributed by atoms with E-state index in [1.165, 1.54) is 12.1 Å². The second kappa shape index (κ2) is 7.06. The monoisotopic (exact) mass is 273 g/mol. The van der Waals surface area contributed by atoms with Gasteiger partial charge in [0, 0.05) is 11.6 Å². The topological polar surface area (TPSA) is 21.3 Å². The molecular formula is C17H20FNO. The van der Waals surface area contributed by atoms with Gasteiger partial charge in [0.15, 0.2) is 0 Å². The molecule has 0 radical (unpaired) electrons. The van der Waals surface area contributed by atoms with Crippen molar-refractivity contribution in [3.05, 3.63) is 65.5 Å². The Balaban J connectivity index is 2.13. The highest BCUT2D eigenvalue weighted by Gasteiger charge is 2.12. The van der Waals surface area contributed by atoms with Crippen LogP contribution in [0, 0.1) is 5.82 Å². The van der Waals surface area contributed by atoms with Gasteiger partial charge < -0.3 is 10.1 Å². The molecule has 0 aliphatic rings. The first-order valence-electron chi connectivity index (χ1n) is 6.88. The van der Waals surface area contributed by atoms with Crippen LogP contribution in [0.25, 0.3) is 0 Å². The van der Waals surface area contributed by atoms with E-state index >= 15 is 0 Å². The van der Waals surface area contributed by atoms with Crippen LogP contribution in [0.1, 0.15) is 30.5 Å². The molecule has 1 atom stereocenters. The van der Waals surface area contributed by atoms with Gasteiger partial charge in [0.1, 0.15) is 18.2 Å². The van der Waals surface area contributed by atoms with E-state index in [1.54, 1.807) is 6.07 Å². The molecule has 106 valence electrons. The first kappa shape index (κ1) is 14.5. The maximum atomic E-state index is 13.1. The molecular weight excluding hydrogens is 253 g/mol. The number of para-hydroxylation sites is 1. The molecule has 2 aromatic carbocycles. The van der Waals surface area contributed by atoms with E-state index < -0.39 is 0 Å². The van der Waals surface area contributed by atoms with E-state index in [0.29, 0.717) is 6.61 Å². The lowest BCUT2D eigenvalue weighted by Gasteiger charge is -2.18. The Bertz CT molecular complexity index is 552. The van der Waals surface area contributed by atoms with Crippen LogP contribution in [0.15, 0.2) is 48.5 Å². The third-order valence-corrected chi connectivity index (χ3v) is 3.33. The Kier molecular flexibility index (Phi) is 5.13. The molecule has 3 heteroatoms. The average Bonchev–Trinajstić information content (AvgIpc) is 2.48. The summed E-state index contributed by atoms with van der Waals surface area (Å²) in [6.45, 7) is 2.50. The van der Waals surface area contributed by atoms with E-state index in [2.05, 4.69) is 18.3 Å². The van der Waals surface area contributed by atoms with Crippen LogP contribution in [0.5, 0.6) is 5.75 Å². The van der Waals surface area contributed by atoms with Gasteiger partial charge in [-0.2, -0.15) is 0 Å². The summed E-state index contributed by atoms with van der Waals surface area (Å²) < 4.78 is 19.0. The molecule has 2 aromatic rings. The largest absolute Gasteiger partial charge is 0.489 e. The van der Waals surface area contributed by atoms with Crippen LogP contribution < -0.4 is 10.1 Å². The highest BCUT2D eigenvalue weighted by Crippen LogP contribution is 2.27. The molecule has 1 N–H and O–H groups in total. The van der Waals surface area contributed by atoms with Gasteiger partial charge in [-0.25, -0.2) is 4.39 Å². The van der Waals surface area contributed by atoms with Crippen molar-refractivity contribution in [3.63, 3.8) is 0 Å². The van der Waals surface area contributed by atoms with Gasteiger partial charge >= 0.3 is 0 Å². The van der Waals surface area contributed by atoms with Crippen molar-refractivity contribution in [2.45, 2.75) is 26.0 Å². The number of hydrogen-bond acceptors (Lipinski definition) is 2. The summed E-state index contributed by atoms with van der Waals surface area (Å²) in [7, 11) is 1.94. The zero-order chi connectivity index (χ0) is 14.4. The van der Waals surface area contributed by atoms with Gasteiger partial charge in [0.25, 0.3) is 0 Å². The fourth-order valence-electron chi connectivity index (χ4n) is 2.27. The zero-order valence-corrected chi connectivity index (χ0v) is 11.9. The first-order chi connectivity index (χ1) is 9.74. The van der Waals surface area contributed by atoms with Crippen molar-refractivity contribution in [1.82, 2.24) is 5.32 Å². The van der Waals surface area contributed by atoms with Crippen LogP contribution in [0.2, 0.25) is 0 Å². The molecule has 0 saturated carbocycles. The van der Waals surface area contributed by atoms with Gasteiger partial charge in [-0.15, -0.1) is 0 Å². The smallest absolute Gasteiger partial charge is 0.124 e. The number of halogens is 1. The Hall–Kier alpha value is -1.87. The van der Waals surface area contributed by atoms with Gasteiger partial charge in [0.05, 0.1) is 0 Å². The van der Waals surface area contributed by atoms with Gasteiger partial charge in [-0.05, 0) is 37.2 Å². The normalized spacial score (nSPS) is 12.2. The third kappa shape index (κ3) is 3.58. The zero-order valence-electron chi connectivity index (χ0n) is 11.9. The fraction of sp³-hybridized carbons (Fsp3) is 0.294. The van der Waals surface area contributed by atoms with Gasteiger partial charge in [-0.3, -0.25) is 0 Å². The van der Waals surface area contributed by atoms with Crippen molar-refractivity contribution in [3.8, 4) is 5.75 Å². The summed E-state index contributed by atoms with van der Waals surface area (Å²) in [5.41, 5.74) is 1.96. The number of rotatable bonds is 6. The van der Waals surface area contributed by atoms with E-state index in [4.69, 9.17) is 4.74 Å². The molecule has 1 unspecified atom stereocenters. The van der Waals surface area contributed by atoms with E-state index in [-0.39, 0.29) is 11.9 Å². The number of benzene rings is 2. The maximum absolute atomic E-state index is 13.1. The molecule has 0 heterocycles. The standard InChI is InChI=1S/C17H20FNO/c1-3-16(19-2)15-9-4-5-10-17(15)20-12-13-7-6-8-14(18)11-13/h4-11,16,19H,3,12H2,1-2H3. The Morgan fingerprint density at radius 2 is 1.95 bits per heavy atom. The van der Waals surface area contributed by atoms with Crippen LogP contribution in [0.3, 0.4) is 0 Å². The maximum Gasteiger partial charge on any atom is 0.124 e. The van der Waals surface area contributed by atoms with E-state index in [1.807, 2.05) is 31.3 Å². The van der Waals surface area contributed by atoms with Crippen molar-refractivity contribution >= 4 is 0 Å². The SMILES string of the molecule is CCC(NC)c1ccccc1OCc1cccc(F)c1. The highest BCUT2D eigenvalue weighted by atomic mass is 19.1. The van der Waals surface area contributed by atoms with Crippen LogP contribution >= 0.6 is 0 Å². The van der Waals surface area contributed by atoms with Crippen LogP contribution in [-0.2, 0) is 6.61 Å². The molecule has 0 spiro atoms. The quantitative estimate of drug-likeness (QED) is 0.856. The van der Waals surface area contributed by atoms with Crippen molar-refractivity contribution in [2.24, 2.45) is 0 Å². The van der Waals surface area contributed by atoms with E-state index in [9.17, 15) is 4.39 Å². The summed E-state index contributed by atoms with van der Waals surface area (Å²) in [4.78, 5) is 0. The summed E-state index contributed by atoms with van der Waals surface area (Å²) in [6.07, 6.45) is 0.983. The molecule has 0 amide bonds. The predicted molar refractivity (Wildman–Crippen MR) is 79.3 cm³/mol. The second-order valence-corrected chi connectivity index (χ2v) is 4.71. The molecule has 0 aromatic heterocycles. The molecule has 2 nitrogen and oxygen atoms in total. The van der Waals surface area contributed by atoms with Gasteiger partial charge in [0.2, 0.25) is 0 Å². The van der Waals surface area contributed by atoms with Crippen molar-refractivity contribution < 1.29 is 9.13 Å². The Morgan fingerprint density at radius 1 is 1.15 bits per heavy atom. The summed E-state index contributed by atoms with van der Waals surface area (Å²) in [5.74, 6) is 0.610. The Morgan fingerprint density at radius 3 is 2.65 bits per heavy atom. The number of nitrogens with one attached hydrogen (secondary N) is 1. The van der Waals surface area contributed by atoms with Gasteiger partial charge in [-0.1, -0.05) is 37.3 Å². The summed E-state index contributed by atoms with van der Waals surface area (Å²) in [5, 5.41) is 3.28. The molecule has 0 bridgehead atoms. The minimum atomic E-state index is -0.235. The minimum Gasteiger partial charge on any atom is -0.489 e. The molecule has 20 heavy (non-hydrogen) atoms. The molecule has 0 aliphatic heterocycles. The lowest BCUT2D eigenvalue weighted by Crippen LogP contribution is -2.16. The van der Waals surface area contributed by atoms with Crippen LogP contribution in [-0.4, -0.2) is 7.05 Å². The average molecular weight is 273 g/mol. The predicted octanol–water partition coefficient (Wildman–Crippen LogP) is 4.08. The first-order valence-corrected chi connectivity index (χ1v) is 6.88. The van der Waals surface area contributed by atoms with Crippen molar-refractivity contribution in [1.29, 1.82) is 0 Å². The summed E-state index contributed by atoms with van der Waals surface area (Å²) >= 11 is 0. The third-order valence-electron chi connectivity index (χ3n) is 3.33. The Labute approximate surface area is 119 Å². The number of ether oxygens (including phenoxy) is 1. The highest BCUT2D eigenvalue weighted by molar-refractivity contribution is 5.36. The molecule has 0 aliphatic carbocycles. The molecule has 0 fully saturated rings. The lowest BCUT2D eigenvalue weighted by atomic mass is 10.0. The number of hydrogen-bond donors (Lipinski definition) is 1. The van der Waals surface area contributed by atoms with Crippen molar-refractivity contribution in [2.75, 3.05) is 7.05 Å².